The Morgan fingerprint density at radius 2 is 2.07 bits per heavy atom. The van der Waals surface area contributed by atoms with Crippen molar-refractivity contribution in [3.05, 3.63) is 0 Å². The first-order chi connectivity index (χ1) is 7.18. The SMILES string of the molecule is CC1(CN2CCS(=O)CC2)CCCCN1. The molecule has 15 heavy (non-hydrogen) atoms. The minimum Gasteiger partial charge on any atom is -0.310 e. The molecule has 2 fully saturated rings. The van der Waals surface area contributed by atoms with Gasteiger partial charge >= 0.3 is 0 Å². The average molecular weight is 230 g/mol. The van der Waals surface area contributed by atoms with Gasteiger partial charge in [0.25, 0.3) is 0 Å². The molecule has 0 aromatic carbocycles. The topological polar surface area (TPSA) is 32.3 Å². The average Bonchev–Trinajstić information content (AvgIpc) is 2.22. The van der Waals surface area contributed by atoms with Gasteiger partial charge in [0.15, 0.2) is 0 Å². The maximum absolute atomic E-state index is 11.2. The molecule has 0 aromatic rings. The van der Waals surface area contributed by atoms with Crippen molar-refractivity contribution in [2.24, 2.45) is 0 Å². The molecule has 88 valence electrons. The summed E-state index contributed by atoms with van der Waals surface area (Å²) in [6.45, 7) is 6.66. The van der Waals surface area contributed by atoms with Crippen molar-refractivity contribution in [3.63, 3.8) is 0 Å². The third-order valence-electron chi connectivity index (χ3n) is 3.55. The van der Waals surface area contributed by atoms with Crippen molar-refractivity contribution in [1.82, 2.24) is 10.2 Å². The van der Waals surface area contributed by atoms with E-state index in [9.17, 15) is 4.21 Å². The fourth-order valence-electron chi connectivity index (χ4n) is 2.58. The molecule has 0 amide bonds. The maximum Gasteiger partial charge on any atom is 0.0363 e. The van der Waals surface area contributed by atoms with Crippen LogP contribution >= 0.6 is 0 Å². The van der Waals surface area contributed by atoms with Gasteiger partial charge in [-0.1, -0.05) is 6.42 Å². The smallest absolute Gasteiger partial charge is 0.0363 e. The second-order valence-electron chi connectivity index (χ2n) is 5.07. The highest BCUT2D eigenvalue weighted by atomic mass is 32.2. The van der Waals surface area contributed by atoms with Crippen LogP contribution < -0.4 is 5.32 Å². The van der Waals surface area contributed by atoms with E-state index in [1.54, 1.807) is 0 Å². The summed E-state index contributed by atoms with van der Waals surface area (Å²) in [5.41, 5.74) is 0.303. The predicted octanol–water partition coefficient (Wildman–Crippen LogP) is 0.583. The van der Waals surface area contributed by atoms with E-state index in [4.69, 9.17) is 0 Å². The fraction of sp³-hybridized carbons (Fsp3) is 1.00. The molecule has 1 N–H and O–H groups in total. The van der Waals surface area contributed by atoms with Crippen LogP contribution in [-0.4, -0.2) is 52.3 Å². The molecule has 0 saturated carbocycles. The van der Waals surface area contributed by atoms with Crippen LogP contribution in [0.4, 0.5) is 0 Å². The van der Waals surface area contributed by atoms with Gasteiger partial charge < -0.3 is 5.32 Å². The molecule has 1 atom stereocenters. The minimum absolute atomic E-state index is 0.303. The first kappa shape index (κ1) is 11.6. The molecule has 2 rings (SSSR count). The molecule has 0 aromatic heterocycles. The number of nitrogens with one attached hydrogen (secondary N) is 1. The van der Waals surface area contributed by atoms with E-state index >= 15 is 0 Å². The summed E-state index contributed by atoms with van der Waals surface area (Å²) in [4.78, 5) is 2.47. The van der Waals surface area contributed by atoms with Crippen molar-refractivity contribution < 1.29 is 4.21 Å². The molecular formula is C11H22N2OS. The normalized spacial score (nSPS) is 35.5. The van der Waals surface area contributed by atoms with E-state index in [1.807, 2.05) is 0 Å². The van der Waals surface area contributed by atoms with Crippen molar-refractivity contribution in [2.75, 3.05) is 37.7 Å². The summed E-state index contributed by atoms with van der Waals surface area (Å²) in [6, 6.07) is 0. The molecule has 1 unspecified atom stereocenters. The lowest BCUT2D eigenvalue weighted by atomic mass is 9.90. The van der Waals surface area contributed by atoms with Crippen molar-refractivity contribution in [3.8, 4) is 0 Å². The third-order valence-corrected chi connectivity index (χ3v) is 4.83. The standard InChI is InChI=1S/C11H22N2OS/c1-11(4-2-3-5-12-11)10-13-6-8-15(14)9-7-13/h12H,2-10H2,1H3. The molecule has 2 saturated heterocycles. The van der Waals surface area contributed by atoms with E-state index in [1.165, 1.54) is 19.3 Å². The lowest BCUT2D eigenvalue weighted by molar-refractivity contribution is 0.173. The lowest BCUT2D eigenvalue weighted by Gasteiger charge is -2.40. The highest BCUT2D eigenvalue weighted by Gasteiger charge is 2.29. The molecule has 4 heteroatoms. The van der Waals surface area contributed by atoms with Crippen LogP contribution in [0.3, 0.4) is 0 Å². The van der Waals surface area contributed by atoms with Crippen LogP contribution in [0, 0.1) is 0 Å². The van der Waals surface area contributed by atoms with Crippen LogP contribution in [0.2, 0.25) is 0 Å². The fourth-order valence-corrected chi connectivity index (χ4v) is 3.71. The summed E-state index contributed by atoms with van der Waals surface area (Å²) in [6.07, 6.45) is 3.95. The van der Waals surface area contributed by atoms with Crippen LogP contribution in [0.25, 0.3) is 0 Å². The summed E-state index contributed by atoms with van der Waals surface area (Å²) in [5.74, 6) is 1.74. The molecule has 2 aliphatic rings. The zero-order valence-corrected chi connectivity index (χ0v) is 10.4. The highest BCUT2D eigenvalue weighted by molar-refractivity contribution is 7.85. The number of hydrogen-bond donors (Lipinski definition) is 1. The summed E-state index contributed by atoms with van der Waals surface area (Å²) >= 11 is 0. The quantitative estimate of drug-likeness (QED) is 0.753. The second-order valence-corrected chi connectivity index (χ2v) is 6.76. The highest BCUT2D eigenvalue weighted by Crippen LogP contribution is 2.20. The van der Waals surface area contributed by atoms with Gasteiger partial charge in [-0.3, -0.25) is 9.11 Å². The Morgan fingerprint density at radius 1 is 1.33 bits per heavy atom. The molecule has 2 heterocycles. The summed E-state index contributed by atoms with van der Waals surface area (Å²) < 4.78 is 11.2. The summed E-state index contributed by atoms with van der Waals surface area (Å²) in [5, 5.41) is 3.64. The van der Waals surface area contributed by atoms with Crippen LogP contribution in [-0.2, 0) is 10.8 Å². The molecule has 2 aliphatic heterocycles. The first-order valence-corrected chi connectivity index (χ1v) is 7.49. The number of rotatable bonds is 2. The Hall–Kier alpha value is 0.0700. The van der Waals surface area contributed by atoms with Crippen molar-refractivity contribution in [1.29, 1.82) is 0 Å². The van der Waals surface area contributed by atoms with Gasteiger partial charge in [0.2, 0.25) is 0 Å². The Morgan fingerprint density at radius 3 is 2.67 bits per heavy atom. The van der Waals surface area contributed by atoms with Crippen LogP contribution in [0.1, 0.15) is 26.2 Å². The first-order valence-electron chi connectivity index (χ1n) is 6.00. The van der Waals surface area contributed by atoms with Crippen molar-refractivity contribution in [2.45, 2.75) is 31.7 Å². The van der Waals surface area contributed by atoms with E-state index in [0.717, 1.165) is 37.7 Å². The zero-order chi connectivity index (χ0) is 10.7. The molecule has 0 radical (unpaired) electrons. The monoisotopic (exact) mass is 230 g/mol. The zero-order valence-electron chi connectivity index (χ0n) is 9.63. The number of hydrogen-bond acceptors (Lipinski definition) is 3. The van der Waals surface area contributed by atoms with E-state index in [2.05, 4.69) is 17.1 Å². The third kappa shape index (κ3) is 3.26. The minimum atomic E-state index is -0.543. The van der Waals surface area contributed by atoms with Gasteiger partial charge in [0, 0.05) is 47.5 Å². The lowest BCUT2D eigenvalue weighted by Crippen LogP contribution is -2.55. The Kier molecular flexibility index (Phi) is 3.80. The van der Waals surface area contributed by atoms with Crippen LogP contribution in [0.5, 0.6) is 0 Å². The Labute approximate surface area is 95.1 Å². The van der Waals surface area contributed by atoms with E-state index in [-0.39, 0.29) is 0 Å². The molecule has 0 aliphatic carbocycles. The number of piperidine rings is 1. The summed E-state index contributed by atoms with van der Waals surface area (Å²) in [7, 11) is -0.543. The van der Waals surface area contributed by atoms with Gasteiger partial charge in [-0.05, 0) is 26.3 Å². The second kappa shape index (κ2) is 4.93. The van der Waals surface area contributed by atoms with E-state index in [0.29, 0.717) is 5.54 Å². The Bertz CT molecular complexity index is 229. The molecular weight excluding hydrogens is 208 g/mol. The molecule has 3 nitrogen and oxygen atoms in total. The number of nitrogens with zero attached hydrogens (tertiary/aromatic N) is 1. The molecule has 0 spiro atoms. The molecule has 0 bridgehead atoms. The van der Waals surface area contributed by atoms with Crippen LogP contribution in [0.15, 0.2) is 0 Å². The van der Waals surface area contributed by atoms with Gasteiger partial charge in [-0.25, -0.2) is 0 Å². The largest absolute Gasteiger partial charge is 0.310 e. The van der Waals surface area contributed by atoms with Gasteiger partial charge in [-0.2, -0.15) is 0 Å². The van der Waals surface area contributed by atoms with Crippen molar-refractivity contribution >= 4 is 10.8 Å². The van der Waals surface area contributed by atoms with Gasteiger partial charge in [0.05, 0.1) is 0 Å². The van der Waals surface area contributed by atoms with Gasteiger partial charge in [-0.15, -0.1) is 0 Å². The Balaban J connectivity index is 1.82. The van der Waals surface area contributed by atoms with Gasteiger partial charge in [0.1, 0.15) is 0 Å². The predicted molar refractivity (Wildman–Crippen MR) is 64.6 cm³/mol. The van der Waals surface area contributed by atoms with E-state index < -0.39 is 10.8 Å². The maximum atomic E-state index is 11.2.